The molecule has 0 saturated carbocycles. The normalized spacial score (nSPS) is 12.0. The maximum absolute atomic E-state index is 14.3. The summed E-state index contributed by atoms with van der Waals surface area (Å²) in [6, 6.07) is 2.85. The molecule has 0 aliphatic carbocycles. The first-order valence-electron chi connectivity index (χ1n) is 8.68. The maximum atomic E-state index is 14.3. The van der Waals surface area contributed by atoms with E-state index < -0.39 is 59.4 Å². The van der Waals surface area contributed by atoms with Gasteiger partial charge in [0.1, 0.15) is 28.5 Å². The number of alkyl halides is 4. The van der Waals surface area contributed by atoms with Crippen molar-refractivity contribution in [3.63, 3.8) is 0 Å². The van der Waals surface area contributed by atoms with Gasteiger partial charge in [0.2, 0.25) is 5.88 Å². The number of halogens is 5. The van der Waals surface area contributed by atoms with Crippen LogP contribution in [0.25, 0.3) is 11.0 Å². The molecule has 0 aliphatic heterocycles. The standard InChI is InChI=1S/C17H15F5N4O5S/c1-29-16-11(6-9(18)15(25-16)30-4-5-31-17(21)22)26-32(27,28)12-7-23-14-8(12)2-3-10(24-14)13(19)20/h2-3,6-7,13,17,26H,4-5H2,1H3,(H,23,24). The summed E-state index contributed by atoms with van der Waals surface area (Å²) in [5, 5.41) is 0.0216. The lowest BCUT2D eigenvalue weighted by Crippen LogP contribution is -2.15. The molecule has 174 valence electrons. The average Bonchev–Trinajstić information content (AvgIpc) is 3.16. The summed E-state index contributed by atoms with van der Waals surface area (Å²) in [5.74, 6) is -2.11. The number of aromatic nitrogens is 3. The van der Waals surface area contributed by atoms with Crippen molar-refractivity contribution in [1.82, 2.24) is 15.0 Å². The van der Waals surface area contributed by atoms with Gasteiger partial charge >= 0.3 is 6.61 Å². The molecule has 9 nitrogen and oxygen atoms in total. The Hall–Kier alpha value is -3.20. The Morgan fingerprint density at radius 3 is 2.53 bits per heavy atom. The van der Waals surface area contributed by atoms with Gasteiger partial charge in [-0.25, -0.2) is 26.6 Å². The fraction of sp³-hybridized carbons (Fsp3) is 0.294. The fourth-order valence-electron chi connectivity index (χ4n) is 2.60. The molecule has 0 spiro atoms. The summed E-state index contributed by atoms with van der Waals surface area (Å²) in [7, 11) is -3.23. The topological polar surface area (TPSA) is 115 Å². The predicted octanol–water partition coefficient (Wildman–Crippen LogP) is 3.46. The van der Waals surface area contributed by atoms with Crippen LogP contribution in [0, 0.1) is 5.82 Å². The Bertz CT molecular complexity index is 1210. The zero-order valence-electron chi connectivity index (χ0n) is 16.1. The summed E-state index contributed by atoms with van der Waals surface area (Å²) in [6.45, 7) is -4.02. The van der Waals surface area contributed by atoms with Crippen LogP contribution in [0.5, 0.6) is 11.8 Å². The molecule has 0 atom stereocenters. The van der Waals surface area contributed by atoms with Crippen LogP contribution in [0.15, 0.2) is 29.3 Å². The number of methoxy groups -OCH3 is 1. The van der Waals surface area contributed by atoms with E-state index >= 15 is 0 Å². The van der Waals surface area contributed by atoms with Crippen LogP contribution in [0.3, 0.4) is 0 Å². The van der Waals surface area contributed by atoms with Gasteiger partial charge in [0.25, 0.3) is 22.3 Å². The van der Waals surface area contributed by atoms with Gasteiger partial charge in [0.15, 0.2) is 5.82 Å². The number of nitrogens with one attached hydrogen (secondary N) is 2. The number of rotatable bonds is 10. The van der Waals surface area contributed by atoms with Crippen molar-refractivity contribution in [2.75, 3.05) is 25.0 Å². The largest absolute Gasteiger partial charge is 0.479 e. The zero-order valence-corrected chi connectivity index (χ0v) is 16.9. The lowest BCUT2D eigenvalue weighted by Gasteiger charge is -2.13. The lowest BCUT2D eigenvalue weighted by atomic mass is 10.3. The van der Waals surface area contributed by atoms with E-state index in [1.807, 2.05) is 0 Å². The van der Waals surface area contributed by atoms with Crippen molar-refractivity contribution < 1.29 is 44.6 Å². The molecule has 15 heteroatoms. The van der Waals surface area contributed by atoms with E-state index in [2.05, 4.69) is 24.4 Å². The maximum Gasteiger partial charge on any atom is 0.345 e. The molecule has 3 aromatic rings. The molecule has 0 amide bonds. The number of nitrogens with zero attached hydrogens (tertiary/aromatic N) is 2. The van der Waals surface area contributed by atoms with Crippen LogP contribution in [-0.4, -0.2) is 50.3 Å². The van der Waals surface area contributed by atoms with Crippen LogP contribution >= 0.6 is 0 Å². The van der Waals surface area contributed by atoms with Crippen LogP contribution in [0.4, 0.5) is 27.6 Å². The van der Waals surface area contributed by atoms with Gasteiger partial charge in [-0.1, -0.05) is 0 Å². The summed E-state index contributed by atoms with van der Waals surface area (Å²) in [5.41, 5.74) is -1.03. The molecule has 0 saturated heterocycles. The number of H-pyrrole nitrogens is 1. The van der Waals surface area contributed by atoms with Crippen molar-refractivity contribution in [3.8, 4) is 11.8 Å². The molecule has 0 aromatic carbocycles. The second-order valence-electron chi connectivity index (χ2n) is 6.00. The highest BCUT2D eigenvalue weighted by atomic mass is 32.2. The Kier molecular flexibility index (Phi) is 6.98. The van der Waals surface area contributed by atoms with E-state index in [1.54, 1.807) is 0 Å². The van der Waals surface area contributed by atoms with Gasteiger partial charge in [-0.3, -0.25) is 4.72 Å². The SMILES string of the molecule is COc1nc(OCCOC(F)F)c(F)cc1NS(=O)(=O)c1c[nH]c2nc(C(F)F)ccc12. The first kappa shape index (κ1) is 23.5. The summed E-state index contributed by atoms with van der Waals surface area (Å²) in [4.78, 5) is 9.48. The molecule has 2 N–H and O–H groups in total. The number of hydrogen-bond donors (Lipinski definition) is 2. The Labute approximate surface area is 177 Å². The molecule has 0 aliphatic rings. The fourth-order valence-corrected chi connectivity index (χ4v) is 3.81. The Balaban J connectivity index is 1.85. The van der Waals surface area contributed by atoms with E-state index in [-0.39, 0.29) is 21.8 Å². The van der Waals surface area contributed by atoms with Crippen molar-refractivity contribution in [2.24, 2.45) is 0 Å². The third kappa shape index (κ3) is 5.16. The van der Waals surface area contributed by atoms with Crippen LogP contribution in [-0.2, 0) is 14.8 Å². The van der Waals surface area contributed by atoms with Gasteiger partial charge in [-0.05, 0) is 12.1 Å². The molecule has 0 unspecified atom stereocenters. The highest BCUT2D eigenvalue weighted by Gasteiger charge is 2.24. The van der Waals surface area contributed by atoms with Gasteiger partial charge in [0, 0.05) is 17.6 Å². The average molecular weight is 482 g/mol. The van der Waals surface area contributed by atoms with Crippen LogP contribution < -0.4 is 14.2 Å². The molecule has 0 radical (unpaired) electrons. The number of sulfonamides is 1. The summed E-state index contributed by atoms with van der Waals surface area (Å²) in [6.07, 6.45) is -1.81. The monoisotopic (exact) mass is 482 g/mol. The van der Waals surface area contributed by atoms with E-state index in [4.69, 9.17) is 9.47 Å². The van der Waals surface area contributed by atoms with Gasteiger partial charge in [0.05, 0.1) is 13.7 Å². The molecule has 0 fully saturated rings. The molecular weight excluding hydrogens is 467 g/mol. The van der Waals surface area contributed by atoms with E-state index in [0.29, 0.717) is 6.07 Å². The Morgan fingerprint density at radius 1 is 1.12 bits per heavy atom. The quantitative estimate of drug-likeness (QED) is 0.336. The van der Waals surface area contributed by atoms with E-state index in [9.17, 15) is 30.4 Å². The number of anilines is 1. The lowest BCUT2D eigenvalue weighted by molar-refractivity contribution is -0.133. The molecule has 3 rings (SSSR count). The summed E-state index contributed by atoms with van der Waals surface area (Å²) >= 11 is 0. The molecule has 3 heterocycles. The minimum atomic E-state index is -4.36. The molecule has 0 bridgehead atoms. The van der Waals surface area contributed by atoms with Crippen molar-refractivity contribution >= 4 is 26.7 Å². The second-order valence-corrected chi connectivity index (χ2v) is 7.65. The van der Waals surface area contributed by atoms with Gasteiger partial charge < -0.3 is 19.2 Å². The van der Waals surface area contributed by atoms with Crippen LogP contribution in [0.1, 0.15) is 12.1 Å². The van der Waals surface area contributed by atoms with E-state index in [1.165, 1.54) is 0 Å². The molecule has 3 aromatic heterocycles. The highest BCUT2D eigenvalue weighted by Crippen LogP contribution is 2.32. The number of aromatic amines is 1. The molecular formula is C17H15F5N4O5S. The number of hydrogen-bond acceptors (Lipinski definition) is 7. The van der Waals surface area contributed by atoms with Crippen LogP contribution in [0.2, 0.25) is 0 Å². The van der Waals surface area contributed by atoms with Gasteiger partial charge in [-0.15, -0.1) is 0 Å². The number of pyridine rings is 2. The Morgan fingerprint density at radius 2 is 1.88 bits per heavy atom. The van der Waals surface area contributed by atoms with Crippen molar-refractivity contribution in [1.29, 1.82) is 0 Å². The van der Waals surface area contributed by atoms with Crippen molar-refractivity contribution in [3.05, 3.63) is 35.9 Å². The van der Waals surface area contributed by atoms with E-state index in [0.717, 1.165) is 25.4 Å². The van der Waals surface area contributed by atoms with Gasteiger partial charge in [-0.2, -0.15) is 13.8 Å². The zero-order chi connectivity index (χ0) is 23.5. The second kappa shape index (κ2) is 9.52. The number of fused-ring (bicyclic) bond motifs is 1. The van der Waals surface area contributed by atoms with Crippen molar-refractivity contribution in [2.45, 2.75) is 17.9 Å². The highest BCUT2D eigenvalue weighted by molar-refractivity contribution is 7.93. The predicted molar refractivity (Wildman–Crippen MR) is 100 cm³/mol. The minimum absolute atomic E-state index is 0.0216. The smallest absolute Gasteiger partial charge is 0.345 e. The third-order valence-corrected chi connectivity index (χ3v) is 5.35. The summed E-state index contributed by atoms with van der Waals surface area (Å²) < 4.78 is 105. The minimum Gasteiger partial charge on any atom is -0.479 e. The first-order chi connectivity index (χ1) is 15.1. The molecule has 32 heavy (non-hydrogen) atoms. The first-order valence-corrected chi connectivity index (χ1v) is 10.2. The number of ether oxygens (including phenoxy) is 3. The third-order valence-electron chi connectivity index (χ3n) is 3.95.